The molecule has 0 aliphatic heterocycles. The summed E-state index contributed by atoms with van der Waals surface area (Å²) in [5.41, 5.74) is 0.627. The molecular weight excluding hydrogens is 396 g/mol. The summed E-state index contributed by atoms with van der Waals surface area (Å²) in [4.78, 5) is 14.4. The van der Waals surface area contributed by atoms with Gasteiger partial charge in [0.2, 0.25) is 0 Å². The monoisotopic (exact) mass is 413 g/mol. The lowest BCUT2D eigenvalue weighted by Crippen LogP contribution is -2.41. The fourth-order valence-electron chi connectivity index (χ4n) is 2.07. The van der Waals surface area contributed by atoms with Crippen LogP contribution in [0.3, 0.4) is 0 Å². The predicted octanol–water partition coefficient (Wildman–Crippen LogP) is 4.81. The first-order chi connectivity index (χ1) is 9.04. The molecule has 1 amide bonds. The van der Waals surface area contributed by atoms with Gasteiger partial charge in [0.1, 0.15) is 0 Å². The van der Waals surface area contributed by atoms with E-state index in [1.165, 1.54) is 0 Å². The molecule has 0 bridgehead atoms. The zero-order chi connectivity index (χ0) is 14.4. The number of hydrogen-bond acceptors (Lipinski definition) is 1. The van der Waals surface area contributed by atoms with Crippen molar-refractivity contribution in [3.05, 3.63) is 32.4 Å². The minimum Gasteiger partial charge on any atom is -0.334 e. The van der Waals surface area contributed by atoms with E-state index >= 15 is 0 Å². The van der Waals surface area contributed by atoms with Gasteiger partial charge >= 0.3 is 0 Å². The molecule has 1 rings (SSSR count). The second-order valence-electron chi connectivity index (χ2n) is 4.29. The molecule has 0 atom stereocenters. The quantitative estimate of drug-likeness (QED) is 0.483. The zero-order valence-electron chi connectivity index (χ0n) is 11.1. The van der Waals surface area contributed by atoms with Gasteiger partial charge < -0.3 is 4.90 Å². The van der Waals surface area contributed by atoms with Crippen molar-refractivity contribution >= 4 is 51.7 Å². The number of benzene rings is 1. The van der Waals surface area contributed by atoms with Gasteiger partial charge in [-0.25, -0.2) is 0 Å². The van der Waals surface area contributed by atoms with Crippen LogP contribution in [0.15, 0.2) is 18.2 Å². The highest BCUT2D eigenvalue weighted by Crippen LogP contribution is 2.22. The van der Waals surface area contributed by atoms with Crippen molar-refractivity contribution in [2.45, 2.75) is 32.7 Å². The third kappa shape index (κ3) is 4.50. The SMILES string of the molecule is CCC(CC)N(CCCl)C(=O)c1ccc(I)c(Cl)c1. The number of alkyl halides is 1. The van der Waals surface area contributed by atoms with Crippen molar-refractivity contribution < 1.29 is 4.79 Å². The van der Waals surface area contributed by atoms with Crippen molar-refractivity contribution in [3.8, 4) is 0 Å². The van der Waals surface area contributed by atoms with Crippen LogP contribution in [-0.2, 0) is 0 Å². The Kier molecular flexibility index (Phi) is 7.47. The van der Waals surface area contributed by atoms with Gasteiger partial charge in [-0.05, 0) is 53.6 Å². The molecule has 1 aromatic carbocycles. The van der Waals surface area contributed by atoms with Gasteiger partial charge in [0.25, 0.3) is 5.91 Å². The fraction of sp³-hybridized carbons (Fsp3) is 0.500. The van der Waals surface area contributed by atoms with Gasteiger partial charge in [-0.15, -0.1) is 11.6 Å². The van der Waals surface area contributed by atoms with E-state index in [0.29, 0.717) is 23.0 Å². The zero-order valence-corrected chi connectivity index (χ0v) is 14.8. The summed E-state index contributed by atoms with van der Waals surface area (Å²) in [5.74, 6) is 0.452. The molecule has 0 N–H and O–H groups in total. The highest BCUT2D eigenvalue weighted by Gasteiger charge is 2.22. The van der Waals surface area contributed by atoms with E-state index in [0.717, 1.165) is 16.4 Å². The van der Waals surface area contributed by atoms with Crippen LogP contribution >= 0.6 is 45.8 Å². The Morgan fingerprint density at radius 3 is 2.47 bits per heavy atom. The van der Waals surface area contributed by atoms with Crippen molar-refractivity contribution in [1.82, 2.24) is 4.90 Å². The Hall–Kier alpha value is -0.0000000000000000555. The van der Waals surface area contributed by atoms with E-state index in [4.69, 9.17) is 23.2 Å². The van der Waals surface area contributed by atoms with Gasteiger partial charge in [-0.3, -0.25) is 4.79 Å². The second kappa shape index (κ2) is 8.32. The summed E-state index contributed by atoms with van der Waals surface area (Å²) in [6.45, 7) is 4.74. The Labute approximate surface area is 138 Å². The summed E-state index contributed by atoms with van der Waals surface area (Å²) in [5, 5.41) is 0.613. The smallest absolute Gasteiger partial charge is 0.254 e. The van der Waals surface area contributed by atoms with E-state index < -0.39 is 0 Å². The number of carbonyl (C=O) groups excluding carboxylic acids is 1. The standard InChI is InChI=1S/C14H18Cl2INO/c1-3-11(4-2)18(8-7-15)14(19)10-5-6-13(17)12(16)9-10/h5-6,9,11H,3-4,7-8H2,1-2H3. The van der Waals surface area contributed by atoms with Crippen molar-refractivity contribution in [3.63, 3.8) is 0 Å². The molecule has 0 fully saturated rings. The minimum absolute atomic E-state index is 0.00708. The van der Waals surface area contributed by atoms with Gasteiger partial charge in [0.15, 0.2) is 0 Å². The molecule has 0 aliphatic rings. The first-order valence-electron chi connectivity index (χ1n) is 6.37. The molecule has 0 spiro atoms. The van der Waals surface area contributed by atoms with E-state index in [9.17, 15) is 4.79 Å². The predicted molar refractivity (Wildman–Crippen MR) is 90.3 cm³/mol. The number of carbonyl (C=O) groups is 1. The maximum atomic E-state index is 12.6. The van der Waals surface area contributed by atoms with Crippen molar-refractivity contribution in [2.75, 3.05) is 12.4 Å². The van der Waals surface area contributed by atoms with E-state index in [-0.39, 0.29) is 11.9 Å². The molecule has 19 heavy (non-hydrogen) atoms. The highest BCUT2D eigenvalue weighted by molar-refractivity contribution is 14.1. The lowest BCUT2D eigenvalue weighted by Gasteiger charge is -2.30. The number of rotatable bonds is 6. The number of halogens is 3. The van der Waals surface area contributed by atoms with E-state index in [1.54, 1.807) is 6.07 Å². The number of nitrogens with zero attached hydrogens (tertiary/aromatic N) is 1. The molecular formula is C14H18Cl2INO. The molecule has 0 radical (unpaired) electrons. The van der Waals surface area contributed by atoms with E-state index in [2.05, 4.69) is 36.4 Å². The van der Waals surface area contributed by atoms with Crippen molar-refractivity contribution in [1.29, 1.82) is 0 Å². The topological polar surface area (TPSA) is 20.3 Å². The fourth-order valence-corrected chi connectivity index (χ4v) is 2.76. The lowest BCUT2D eigenvalue weighted by atomic mass is 10.1. The molecule has 2 nitrogen and oxygen atoms in total. The Morgan fingerprint density at radius 2 is 2.00 bits per heavy atom. The summed E-state index contributed by atoms with van der Waals surface area (Å²) < 4.78 is 0.947. The van der Waals surface area contributed by atoms with Gasteiger partial charge in [-0.1, -0.05) is 25.4 Å². The average Bonchev–Trinajstić information content (AvgIpc) is 2.41. The van der Waals surface area contributed by atoms with Crippen LogP contribution in [0.25, 0.3) is 0 Å². The van der Waals surface area contributed by atoms with E-state index in [1.807, 2.05) is 17.0 Å². The average molecular weight is 414 g/mol. The molecule has 106 valence electrons. The number of hydrogen-bond donors (Lipinski definition) is 0. The molecule has 0 aromatic heterocycles. The van der Waals surface area contributed by atoms with Crippen LogP contribution in [0.4, 0.5) is 0 Å². The molecule has 5 heteroatoms. The largest absolute Gasteiger partial charge is 0.334 e. The second-order valence-corrected chi connectivity index (χ2v) is 6.23. The van der Waals surface area contributed by atoms with Crippen LogP contribution < -0.4 is 0 Å². The third-order valence-electron chi connectivity index (χ3n) is 3.14. The minimum atomic E-state index is 0.00708. The molecule has 0 saturated carbocycles. The molecule has 1 aromatic rings. The summed E-state index contributed by atoms with van der Waals surface area (Å²) >= 11 is 14.1. The highest BCUT2D eigenvalue weighted by atomic mass is 127. The van der Waals surface area contributed by atoms with Crippen LogP contribution in [0.5, 0.6) is 0 Å². The third-order valence-corrected chi connectivity index (χ3v) is 4.88. The number of amides is 1. The van der Waals surface area contributed by atoms with Crippen LogP contribution in [0.1, 0.15) is 37.0 Å². The van der Waals surface area contributed by atoms with Crippen LogP contribution in [-0.4, -0.2) is 29.3 Å². The van der Waals surface area contributed by atoms with Gasteiger partial charge in [0.05, 0.1) is 5.02 Å². The molecule has 0 heterocycles. The Balaban J connectivity index is 3.01. The first-order valence-corrected chi connectivity index (χ1v) is 8.36. The van der Waals surface area contributed by atoms with Gasteiger partial charge in [0, 0.05) is 27.6 Å². The molecule has 0 aliphatic carbocycles. The lowest BCUT2D eigenvalue weighted by molar-refractivity contribution is 0.0681. The maximum absolute atomic E-state index is 12.6. The summed E-state index contributed by atoms with van der Waals surface area (Å²) in [7, 11) is 0. The summed E-state index contributed by atoms with van der Waals surface area (Å²) in [6, 6.07) is 5.64. The first kappa shape index (κ1) is 17.1. The summed E-state index contributed by atoms with van der Waals surface area (Å²) in [6.07, 6.45) is 1.86. The van der Waals surface area contributed by atoms with Crippen LogP contribution in [0, 0.1) is 3.57 Å². The Morgan fingerprint density at radius 1 is 1.37 bits per heavy atom. The molecule has 0 saturated heterocycles. The molecule has 0 unspecified atom stereocenters. The van der Waals surface area contributed by atoms with Gasteiger partial charge in [-0.2, -0.15) is 0 Å². The Bertz CT molecular complexity index is 435. The maximum Gasteiger partial charge on any atom is 0.254 e. The van der Waals surface area contributed by atoms with Crippen LogP contribution in [0.2, 0.25) is 5.02 Å². The van der Waals surface area contributed by atoms with Crippen molar-refractivity contribution in [2.24, 2.45) is 0 Å². The normalized spacial score (nSPS) is 10.8.